The van der Waals surface area contributed by atoms with E-state index >= 15 is 0 Å². The second kappa shape index (κ2) is 6.97. The molecule has 2 aliphatic rings. The van der Waals surface area contributed by atoms with Gasteiger partial charge in [0.25, 0.3) is 5.91 Å². The van der Waals surface area contributed by atoms with E-state index in [1.165, 1.54) is 0 Å². The van der Waals surface area contributed by atoms with Crippen LogP contribution in [-0.4, -0.2) is 41.2 Å². The topological polar surface area (TPSA) is 74.2 Å². The van der Waals surface area contributed by atoms with E-state index in [1.807, 2.05) is 26.0 Å². The van der Waals surface area contributed by atoms with Gasteiger partial charge in [0.1, 0.15) is 0 Å². The molecule has 1 saturated heterocycles. The summed E-state index contributed by atoms with van der Waals surface area (Å²) < 4.78 is 0. The summed E-state index contributed by atoms with van der Waals surface area (Å²) in [6.07, 6.45) is 3.61. The summed E-state index contributed by atoms with van der Waals surface area (Å²) in [7, 11) is 0. The molecule has 2 heterocycles. The molecule has 1 aromatic rings. The Bertz CT molecular complexity index is 543. The predicted octanol–water partition coefficient (Wildman–Crippen LogP) is 1.57. The smallest absolute Gasteiger partial charge is 0.251 e. The molecule has 1 aliphatic heterocycles. The van der Waals surface area contributed by atoms with Crippen molar-refractivity contribution in [2.45, 2.75) is 51.7 Å². The Morgan fingerprint density at radius 2 is 1.83 bits per heavy atom. The quantitative estimate of drug-likeness (QED) is 0.788. The lowest BCUT2D eigenvalue weighted by Crippen LogP contribution is -2.52. The first-order chi connectivity index (χ1) is 11.0. The van der Waals surface area contributed by atoms with E-state index in [9.17, 15) is 9.90 Å². The molecule has 0 spiro atoms. The number of amides is 1. The number of hydrogen-bond donors (Lipinski definition) is 3. The van der Waals surface area contributed by atoms with E-state index in [-0.39, 0.29) is 18.1 Å². The van der Waals surface area contributed by atoms with Crippen molar-refractivity contribution in [1.29, 1.82) is 0 Å². The third-order valence-corrected chi connectivity index (χ3v) is 5.19. The van der Waals surface area contributed by atoms with E-state index < -0.39 is 0 Å². The van der Waals surface area contributed by atoms with Gasteiger partial charge in [0.15, 0.2) is 0 Å². The number of aliphatic hydroxyl groups excluding tert-OH is 1. The molecule has 5 heteroatoms. The summed E-state index contributed by atoms with van der Waals surface area (Å²) in [5, 5.41) is 16.3. The number of nitrogens with zero attached hydrogens (tertiary/aromatic N) is 1. The van der Waals surface area contributed by atoms with Gasteiger partial charge in [-0.1, -0.05) is 0 Å². The normalized spacial score (nSPS) is 26.4. The summed E-state index contributed by atoms with van der Waals surface area (Å²) >= 11 is 0. The molecule has 5 nitrogen and oxygen atoms in total. The van der Waals surface area contributed by atoms with Gasteiger partial charge in [0.05, 0.1) is 6.10 Å². The first-order valence-corrected chi connectivity index (χ1v) is 8.68. The summed E-state index contributed by atoms with van der Waals surface area (Å²) in [4.78, 5) is 17.0. The number of carbonyl (C=O) groups excluding carboxylic acids is 1. The molecule has 1 unspecified atom stereocenters. The molecule has 0 bridgehead atoms. The molecular formula is C18H27N3O2. The zero-order valence-electron chi connectivity index (χ0n) is 14.0. The minimum Gasteiger partial charge on any atom is -0.393 e. The largest absolute Gasteiger partial charge is 0.393 e. The second-order valence-corrected chi connectivity index (χ2v) is 7.11. The highest BCUT2D eigenvalue weighted by Crippen LogP contribution is 2.35. The minimum absolute atomic E-state index is 0.0106. The van der Waals surface area contributed by atoms with Crippen LogP contribution in [0.4, 0.5) is 0 Å². The maximum atomic E-state index is 12.7. The lowest BCUT2D eigenvalue weighted by molar-refractivity contribution is 0.00919. The maximum Gasteiger partial charge on any atom is 0.251 e. The molecule has 1 amide bonds. The van der Waals surface area contributed by atoms with Crippen molar-refractivity contribution in [3.63, 3.8) is 0 Å². The molecule has 1 atom stereocenters. The highest BCUT2D eigenvalue weighted by Gasteiger charge is 2.39. The number of pyridine rings is 1. The van der Waals surface area contributed by atoms with Crippen LogP contribution in [0, 0.1) is 25.7 Å². The molecule has 3 N–H and O–H groups in total. The van der Waals surface area contributed by atoms with Crippen molar-refractivity contribution in [1.82, 2.24) is 15.6 Å². The number of carbonyl (C=O) groups is 1. The van der Waals surface area contributed by atoms with Crippen molar-refractivity contribution in [3.05, 3.63) is 29.1 Å². The molecule has 1 aliphatic carbocycles. The van der Waals surface area contributed by atoms with Crippen molar-refractivity contribution in [2.24, 2.45) is 11.8 Å². The van der Waals surface area contributed by atoms with Crippen LogP contribution in [0.5, 0.6) is 0 Å². The highest BCUT2D eigenvalue weighted by atomic mass is 16.3. The Hall–Kier alpha value is -1.46. The Labute approximate surface area is 137 Å². The SMILES string of the molecule is Cc1cc(C(=O)NC(C2CCNCC2)C2CC(O)C2)cc(C)n1. The van der Waals surface area contributed by atoms with Crippen LogP contribution in [0.15, 0.2) is 12.1 Å². The molecule has 126 valence electrons. The fraction of sp³-hybridized carbons (Fsp3) is 0.667. The first-order valence-electron chi connectivity index (χ1n) is 8.68. The Morgan fingerprint density at radius 1 is 1.22 bits per heavy atom. The number of piperidine rings is 1. The lowest BCUT2D eigenvalue weighted by Gasteiger charge is -2.43. The number of aliphatic hydroxyl groups is 1. The van der Waals surface area contributed by atoms with Crippen molar-refractivity contribution in [3.8, 4) is 0 Å². The summed E-state index contributed by atoms with van der Waals surface area (Å²) in [6.45, 7) is 5.85. The summed E-state index contributed by atoms with van der Waals surface area (Å²) in [5.41, 5.74) is 2.43. The number of rotatable bonds is 4. The lowest BCUT2D eigenvalue weighted by atomic mass is 9.71. The second-order valence-electron chi connectivity index (χ2n) is 7.11. The Kier molecular flexibility index (Phi) is 4.97. The fourth-order valence-electron chi connectivity index (χ4n) is 3.95. The zero-order valence-corrected chi connectivity index (χ0v) is 14.0. The van der Waals surface area contributed by atoms with Gasteiger partial charge in [0.2, 0.25) is 0 Å². The van der Waals surface area contributed by atoms with Crippen LogP contribution in [0.2, 0.25) is 0 Å². The first kappa shape index (κ1) is 16.4. The van der Waals surface area contributed by atoms with Crippen LogP contribution < -0.4 is 10.6 Å². The van der Waals surface area contributed by atoms with Crippen LogP contribution in [0.3, 0.4) is 0 Å². The monoisotopic (exact) mass is 317 g/mol. The van der Waals surface area contributed by atoms with Crippen LogP contribution in [0.1, 0.15) is 47.4 Å². The molecule has 0 aromatic carbocycles. The third-order valence-electron chi connectivity index (χ3n) is 5.19. The molecular weight excluding hydrogens is 290 g/mol. The Balaban J connectivity index is 1.73. The van der Waals surface area contributed by atoms with Gasteiger partial charge in [-0.25, -0.2) is 0 Å². The predicted molar refractivity (Wildman–Crippen MR) is 89.3 cm³/mol. The number of nitrogens with one attached hydrogen (secondary N) is 2. The van der Waals surface area contributed by atoms with E-state index in [4.69, 9.17) is 0 Å². The van der Waals surface area contributed by atoms with Crippen LogP contribution in [0.25, 0.3) is 0 Å². The molecule has 3 rings (SSSR count). The minimum atomic E-state index is -0.188. The Morgan fingerprint density at radius 3 is 2.39 bits per heavy atom. The standard InChI is InChI=1S/C18H27N3O2/c1-11-7-15(8-12(2)20-11)18(23)21-17(14-9-16(22)10-14)13-3-5-19-6-4-13/h7-8,13-14,16-17,19,22H,3-6,9-10H2,1-2H3,(H,21,23). The van der Waals surface area contributed by atoms with Crippen molar-refractivity contribution in [2.75, 3.05) is 13.1 Å². The van der Waals surface area contributed by atoms with Gasteiger partial charge in [-0.3, -0.25) is 9.78 Å². The maximum absolute atomic E-state index is 12.7. The molecule has 1 aromatic heterocycles. The van der Waals surface area contributed by atoms with Gasteiger partial charge in [-0.05, 0) is 76.6 Å². The van der Waals surface area contributed by atoms with Gasteiger partial charge in [-0.15, -0.1) is 0 Å². The van der Waals surface area contributed by atoms with Gasteiger partial charge in [-0.2, -0.15) is 0 Å². The van der Waals surface area contributed by atoms with Gasteiger partial charge in [0, 0.05) is 23.0 Å². The van der Waals surface area contributed by atoms with E-state index in [2.05, 4.69) is 15.6 Å². The highest BCUT2D eigenvalue weighted by molar-refractivity contribution is 5.94. The van der Waals surface area contributed by atoms with E-state index in [1.54, 1.807) is 0 Å². The molecule has 2 fully saturated rings. The zero-order chi connectivity index (χ0) is 16.4. The fourth-order valence-corrected chi connectivity index (χ4v) is 3.95. The summed E-state index contributed by atoms with van der Waals surface area (Å²) in [5.74, 6) is 0.895. The van der Waals surface area contributed by atoms with Crippen molar-refractivity contribution >= 4 is 5.91 Å². The number of aromatic nitrogens is 1. The van der Waals surface area contributed by atoms with Gasteiger partial charge >= 0.3 is 0 Å². The average molecular weight is 317 g/mol. The molecule has 1 saturated carbocycles. The average Bonchev–Trinajstić information content (AvgIpc) is 2.49. The molecule has 0 radical (unpaired) electrons. The third kappa shape index (κ3) is 3.90. The molecule has 23 heavy (non-hydrogen) atoms. The van der Waals surface area contributed by atoms with Crippen molar-refractivity contribution < 1.29 is 9.90 Å². The van der Waals surface area contributed by atoms with E-state index in [0.717, 1.165) is 50.2 Å². The van der Waals surface area contributed by atoms with Crippen LogP contribution in [-0.2, 0) is 0 Å². The van der Waals surface area contributed by atoms with E-state index in [0.29, 0.717) is 17.4 Å². The number of aryl methyl sites for hydroxylation is 2. The van der Waals surface area contributed by atoms with Gasteiger partial charge < -0.3 is 15.7 Å². The van der Waals surface area contributed by atoms with Crippen LogP contribution >= 0.6 is 0 Å². The number of hydrogen-bond acceptors (Lipinski definition) is 4. The summed E-state index contributed by atoms with van der Waals surface area (Å²) in [6, 6.07) is 3.86.